The molecule has 4 amide bonds. The van der Waals surface area contributed by atoms with Crippen molar-refractivity contribution in [2.45, 2.75) is 131 Å². The summed E-state index contributed by atoms with van der Waals surface area (Å²) in [4.78, 5) is 55.8. The van der Waals surface area contributed by atoms with Gasteiger partial charge >= 0.3 is 0 Å². The van der Waals surface area contributed by atoms with E-state index in [-0.39, 0.29) is 59.8 Å². The predicted molar refractivity (Wildman–Crippen MR) is 225 cm³/mol. The lowest BCUT2D eigenvalue weighted by Gasteiger charge is -2.33. The van der Waals surface area contributed by atoms with Crippen LogP contribution in [-0.2, 0) is 9.59 Å². The largest absolute Gasteiger partial charge is 0.490 e. The van der Waals surface area contributed by atoms with Crippen molar-refractivity contribution in [3.63, 3.8) is 0 Å². The van der Waals surface area contributed by atoms with Crippen LogP contribution in [0, 0.1) is 23.7 Å². The molecule has 2 N–H and O–H groups in total. The number of carbonyl (C=O) groups excluding carboxylic acids is 4. The third-order valence-corrected chi connectivity index (χ3v) is 10.5. The minimum atomic E-state index is -0.550. The number of carbonyl (C=O) groups is 4. The van der Waals surface area contributed by atoms with Crippen LogP contribution in [-0.4, -0.2) is 83.9 Å². The number of fused-ring (bicyclic) bond motifs is 2. The molecule has 0 spiro atoms. The van der Waals surface area contributed by atoms with Gasteiger partial charge < -0.3 is 29.9 Å². The van der Waals surface area contributed by atoms with Crippen LogP contribution in [0.2, 0.25) is 0 Å². The second kappa shape index (κ2) is 21.6. The summed E-state index contributed by atoms with van der Waals surface area (Å²) in [6.07, 6.45) is 11.3. The number of rotatable bonds is 4. The molecular weight excluding hydrogens is 705 g/mol. The van der Waals surface area contributed by atoms with E-state index >= 15 is 0 Å². The van der Waals surface area contributed by atoms with Crippen LogP contribution in [0.4, 0.5) is 0 Å². The van der Waals surface area contributed by atoms with Gasteiger partial charge in [-0.2, -0.15) is 0 Å². The highest BCUT2D eigenvalue weighted by atomic mass is 16.5. The van der Waals surface area contributed by atoms with Crippen molar-refractivity contribution < 1.29 is 28.7 Å². The average Bonchev–Trinajstić information content (AvgIpc) is 3.13. The van der Waals surface area contributed by atoms with Crippen LogP contribution in [0.5, 0.6) is 11.5 Å². The molecule has 2 heterocycles. The van der Waals surface area contributed by atoms with Gasteiger partial charge in [0.2, 0.25) is 11.8 Å². The molecule has 6 atom stereocenters. The molecule has 10 heteroatoms. The third-order valence-electron chi connectivity index (χ3n) is 10.5. The number of para-hydroxylation sites is 2. The average molecular weight is 773 g/mol. The zero-order valence-corrected chi connectivity index (χ0v) is 35.9. The number of likely N-dealkylation sites (N-methyl/N-ethyl adjacent to an activating group) is 2. The van der Waals surface area contributed by atoms with Gasteiger partial charge in [-0.05, 0) is 74.6 Å². The summed E-state index contributed by atoms with van der Waals surface area (Å²) >= 11 is 0. The van der Waals surface area contributed by atoms with Gasteiger partial charge in [-0.15, -0.1) is 0 Å². The molecule has 0 aromatic heterocycles. The van der Waals surface area contributed by atoms with Gasteiger partial charge in [-0.25, -0.2) is 0 Å². The first-order valence-corrected chi connectivity index (χ1v) is 20.4. The minimum absolute atomic E-state index is 0.0165. The van der Waals surface area contributed by atoms with Crippen LogP contribution in [0.1, 0.15) is 116 Å². The molecule has 2 aliphatic heterocycles. The molecule has 0 aliphatic carbocycles. The topological polar surface area (TPSA) is 117 Å². The zero-order valence-electron chi connectivity index (χ0n) is 35.9. The Balaban J connectivity index is 0.000000300. The van der Waals surface area contributed by atoms with Gasteiger partial charge in [0.05, 0.1) is 23.3 Å². The first-order valence-electron chi connectivity index (χ1n) is 20.4. The molecule has 0 unspecified atom stereocenters. The Hall–Kier alpha value is -4.60. The fourth-order valence-electron chi connectivity index (χ4n) is 7.10. The SMILES string of the molecule is CC(C)[C@H]1C/C=C/C[C@@H](C)Oc2ccccc2C(=O)N(C)[C@H](C(C)C)C(=O)N1.CC(C)[C@H]1C/C=C\C[C@@H](C)Oc2ccccc2C(=O)N(C)[C@H](C(C)C)C(=O)N1. The van der Waals surface area contributed by atoms with Crippen molar-refractivity contribution in [2.75, 3.05) is 14.1 Å². The normalized spacial score (nSPS) is 25.7. The highest BCUT2D eigenvalue weighted by Crippen LogP contribution is 2.26. The van der Waals surface area contributed by atoms with E-state index in [1.165, 1.54) is 0 Å². The second-order valence-corrected chi connectivity index (χ2v) is 16.7. The van der Waals surface area contributed by atoms with E-state index in [0.717, 1.165) is 25.7 Å². The van der Waals surface area contributed by atoms with E-state index in [2.05, 4.69) is 62.6 Å². The Labute approximate surface area is 336 Å². The summed E-state index contributed by atoms with van der Waals surface area (Å²) in [6, 6.07) is 13.5. The van der Waals surface area contributed by atoms with E-state index in [0.29, 0.717) is 34.5 Å². The summed E-state index contributed by atoms with van der Waals surface area (Å²) in [6.45, 7) is 20.3. The predicted octanol–water partition coefficient (Wildman–Crippen LogP) is 8.08. The quantitative estimate of drug-likeness (QED) is 0.304. The standard InChI is InChI=1S/2C23H34N2O3/c2*1-15(2)19-13-9-7-11-17(5)28-20-14-10-8-12-18(20)23(27)25(6)21(16(3)4)22(26)24-19/h2*7-10,12,14-17,19,21H,11,13H2,1-6H3,(H,24,26)/b9-7+;9-7-/t2*17-,19-,21-/m11/s1. The first kappa shape index (κ1) is 45.8. The number of nitrogens with zero attached hydrogens (tertiary/aromatic N) is 2. The fraction of sp³-hybridized carbons (Fsp3) is 0.565. The van der Waals surface area contributed by atoms with Crippen LogP contribution < -0.4 is 20.1 Å². The summed E-state index contributed by atoms with van der Waals surface area (Å²) in [5.74, 6) is 1.05. The van der Waals surface area contributed by atoms with E-state index < -0.39 is 12.1 Å². The zero-order chi connectivity index (χ0) is 41.7. The number of hydrogen-bond donors (Lipinski definition) is 2. The molecule has 10 nitrogen and oxygen atoms in total. The third kappa shape index (κ3) is 12.7. The maximum absolute atomic E-state index is 13.2. The van der Waals surface area contributed by atoms with Crippen molar-refractivity contribution in [3.8, 4) is 11.5 Å². The van der Waals surface area contributed by atoms with E-state index in [1.54, 1.807) is 36.0 Å². The number of hydrogen-bond acceptors (Lipinski definition) is 6. The molecule has 4 rings (SSSR count). The highest BCUT2D eigenvalue weighted by Gasteiger charge is 2.34. The van der Waals surface area contributed by atoms with E-state index in [9.17, 15) is 19.2 Å². The van der Waals surface area contributed by atoms with Gasteiger partial charge in [0.15, 0.2) is 0 Å². The molecule has 0 saturated heterocycles. The van der Waals surface area contributed by atoms with Crippen LogP contribution in [0.15, 0.2) is 72.8 Å². The summed E-state index contributed by atoms with van der Waals surface area (Å²) in [5.41, 5.74) is 0.966. The second-order valence-electron chi connectivity index (χ2n) is 16.7. The van der Waals surface area contributed by atoms with Gasteiger partial charge in [-0.1, -0.05) is 104 Å². The van der Waals surface area contributed by atoms with Crippen molar-refractivity contribution in [1.82, 2.24) is 20.4 Å². The van der Waals surface area contributed by atoms with Crippen molar-refractivity contribution in [3.05, 3.63) is 84.0 Å². The lowest BCUT2D eigenvalue weighted by Crippen LogP contribution is -2.53. The molecular formula is C46H68N4O6. The van der Waals surface area contributed by atoms with Crippen LogP contribution >= 0.6 is 0 Å². The van der Waals surface area contributed by atoms with Gasteiger partial charge in [0.1, 0.15) is 23.6 Å². The molecule has 0 fully saturated rings. The lowest BCUT2D eigenvalue weighted by atomic mass is 9.96. The smallest absolute Gasteiger partial charge is 0.258 e. The molecule has 0 radical (unpaired) electrons. The van der Waals surface area contributed by atoms with E-state index in [1.807, 2.05) is 77.9 Å². The Bertz CT molecular complexity index is 1540. The number of ether oxygens (including phenoxy) is 2. The highest BCUT2D eigenvalue weighted by molar-refractivity contribution is 6.00. The first-order chi connectivity index (χ1) is 26.4. The van der Waals surface area contributed by atoms with E-state index in [4.69, 9.17) is 9.47 Å². The molecule has 0 bridgehead atoms. The Kier molecular flexibility index (Phi) is 17.7. The molecule has 0 saturated carbocycles. The molecule has 2 aromatic carbocycles. The lowest BCUT2D eigenvalue weighted by molar-refractivity contribution is -0.128. The van der Waals surface area contributed by atoms with Crippen molar-refractivity contribution in [2.24, 2.45) is 23.7 Å². The number of nitrogens with one attached hydrogen (secondary N) is 2. The molecule has 308 valence electrons. The summed E-state index contributed by atoms with van der Waals surface area (Å²) in [7, 11) is 3.39. The number of amides is 4. The maximum atomic E-state index is 13.2. The van der Waals surface area contributed by atoms with Gasteiger partial charge in [-0.3, -0.25) is 19.2 Å². The molecule has 2 aliphatic rings. The minimum Gasteiger partial charge on any atom is -0.490 e. The number of benzene rings is 2. The van der Waals surface area contributed by atoms with Crippen LogP contribution in [0.25, 0.3) is 0 Å². The van der Waals surface area contributed by atoms with Crippen molar-refractivity contribution >= 4 is 23.6 Å². The van der Waals surface area contributed by atoms with Crippen molar-refractivity contribution in [1.29, 1.82) is 0 Å². The molecule has 56 heavy (non-hydrogen) atoms. The summed E-state index contributed by atoms with van der Waals surface area (Å²) in [5, 5.41) is 6.35. The fourth-order valence-corrected chi connectivity index (χ4v) is 7.10. The Morgan fingerprint density at radius 1 is 0.518 bits per heavy atom. The van der Waals surface area contributed by atoms with Crippen LogP contribution in [0.3, 0.4) is 0 Å². The van der Waals surface area contributed by atoms with Gasteiger partial charge in [0, 0.05) is 39.0 Å². The molecule has 2 aromatic rings. The Morgan fingerprint density at radius 3 is 1.16 bits per heavy atom. The van der Waals surface area contributed by atoms with Gasteiger partial charge in [0.25, 0.3) is 11.8 Å². The monoisotopic (exact) mass is 773 g/mol. The summed E-state index contributed by atoms with van der Waals surface area (Å²) < 4.78 is 12.1. The Morgan fingerprint density at radius 2 is 0.839 bits per heavy atom. The maximum Gasteiger partial charge on any atom is 0.258 e.